The van der Waals surface area contributed by atoms with Crippen LogP contribution in [0.5, 0.6) is 0 Å². The summed E-state index contributed by atoms with van der Waals surface area (Å²) in [7, 11) is 1.28. The van der Waals surface area contributed by atoms with Gasteiger partial charge in [0, 0.05) is 16.7 Å². The highest BCUT2D eigenvalue weighted by atomic mass is 35.7. The van der Waals surface area contributed by atoms with Crippen molar-refractivity contribution in [3.8, 4) is 0 Å². The van der Waals surface area contributed by atoms with Crippen LogP contribution in [0.15, 0.2) is 17.0 Å². The SMILES string of the molecule is CCCCC(C)NC(=O)c1cc(S(=O)(=O)Cl)cc(Cl)c1Cl. The second-order valence-electron chi connectivity index (χ2n) is 4.72. The van der Waals surface area contributed by atoms with E-state index in [2.05, 4.69) is 12.2 Å². The number of unbranched alkanes of at least 4 members (excludes halogenated alkanes) is 1. The first-order chi connectivity index (χ1) is 9.66. The number of amides is 1. The predicted octanol–water partition coefficient (Wildman–Crippen LogP) is 4.23. The first-order valence-electron chi connectivity index (χ1n) is 6.41. The lowest BCUT2D eigenvalue weighted by molar-refractivity contribution is 0.0938. The first-order valence-corrected chi connectivity index (χ1v) is 9.48. The maximum atomic E-state index is 12.2. The van der Waals surface area contributed by atoms with Crippen LogP contribution in [0.25, 0.3) is 0 Å². The number of hydrogen-bond donors (Lipinski definition) is 1. The quantitative estimate of drug-likeness (QED) is 0.760. The van der Waals surface area contributed by atoms with Gasteiger partial charge < -0.3 is 5.32 Å². The molecular weight excluding hydrogens is 357 g/mol. The fraction of sp³-hybridized carbons (Fsp3) is 0.462. The molecule has 118 valence electrons. The Hall–Kier alpha value is -0.490. The van der Waals surface area contributed by atoms with E-state index < -0.39 is 15.0 Å². The monoisotopic (exact) mass is 371 g/mol. The smallest absolute Gasteiger partial charge is 0.261 e. The van der Waals surface area contributed by atoms with E-state index in [1.54, 1.807) is 0 Å². The summed E-state index contributed by atoms with van der Waals surface area (Å²) in [5.41, 5.74) is -0.00765. The Bertz CT molecular complexity index is 632. The largest absolute Gasteiger partial charge is 0.350 e. The van der Waals surface area contributed by atoms with Crippen LogP contribution in [0.4, 0.5) is 0 Å². The van der Waals surface area contributed by atoms with E-state index in [0.29, 0.717) is 0 Å². The second-order valence-corrected chi connectivity index (χ2v) is 8.07. The molecule has 0 bridgehead atoms. The number of nitrogens with one attached hydrogen (secondary N) is 1. The number of halogens is 3. The Labute approximate surface area is 139 Å². The average molecular weight is 373 g/mol. The van der Waals surface area contributed by atoms with Gasteiger partial charge in [-0.2, -0.15) is 0 Å². The molecule has 0 heterocycles. The molecule has 1 unspecified atom stereocenters. The summed E-state index contributed by atoms with van der Waals surface area (Å²) >= 11 is 11.8. The maximum absolute atomic E-state index is 12.2. The summed E-state index contributed by atoms with van der Waals surface area (Å²) in [6.07, 6.45) is 2.82. The maximum Gasteiger partial charge on any atom is 0.261 e. The summed E-state index contributed by atoms with van der Waals surface area (Å²) in [6.45, 7) is 3.92. The van der Waals surface area contributed by atoms with Gasteiger partial charge >= 0.3 is 0 Å². The number of carbonyl (C=O) groups is 1. The van der Waals surface area contributed by atoms with Crippen molar-refractivity contribution in [3.63, 3.8) is 0 Å². The van der Waals surface area contributed by atoms with Gasteiger partial charge in [0.15, 0.2) is 0 Å². The van der Waals surface area contributed by atoms with Crippen LogP contribution in [-0.2, 0) is 9.05 Å². The van der Waals surface area contributed by atoms with E-state index >= 15 is 0 Å². The molecule has 0 saturated carbocycles. The summed E-state index contributed by atoms with van der Waals surface area (Å²) in [5, 5.41) is 2.72. The van der Waals surface area contributed by atoms with Crippen molar-refractivity contribution in [2.45, 2.75) is 44.0 Å². The summed E-state index contributed by atoms with van der Waals surface area (Å²) in [5.74, 6) is -0.479. The van der Waals surface area contributed by atoms with E-state index in [1.165, 1.54) is 0 Å². The van der Waals surface area contributed by atoms with Gasteiger partial charge in [0.1, 0.15) is 0 Å². The van der Waals surface area contributed by atoms with Crippen LogP contribution < -0.4 is 5.32 Å². The number of benzene rings is 1. The average Bonchev–Trinajstić information content (AvgIpc) is 2.37. The Kier molecular flexibility index (Phi) is 6.78. The second kappa shape index (κ2) is 7.68. The molecule has 0 aliphatic heterocycles. The van der Waals surface area contributed by atoms with Crippen molar-refractivity contribution < 1.29 is 13.2 Å². The Morgan fingerprint density at radius 3 is 2.48 bits per heavy atom. The predicted molar refractivity (Wildman–Crippen MR) is 86.0 cm³/mol. The number of rotatable bonds is 6. The van der Waals surface area contributed by atoms with Crippen LogP contribution in [0.1, 0.15) is 43.5 Å². The van der Waals surface area contributed by atoms with E-state index in [4.69, 9.17) is 33.9 Å². The molecule has 21 heavy (non-hydrogen) atoms. The van der Waals surface area contributed by atoms with Crippen molar-refractivity contribution in [3.05, 3.63) is 27.7 Å². The first kappa shape index (κ1) is 18.6. The Balaban J connectivity index is 3.06. The van der Waals surface area contributed by atoms with Gasteiger partial charge in [0.2, 0.25) is 0 Å². The van der Waals surface area contributed by atoms with Crippen LogP contribution in [0.2, 0.25) is 10.0 Å². The minimum Gasteiger partial charge on any atom is -0.350 e. The molecule has 1 N–H and O–H groups in total. The van der Waals surface area contributed by atoms with E-state index in [9.17, 15) is 13.2 Å². The lowest BCUT2D eigenvalue weighted by atomic mass is 10.1. The third-order valence-electron chi connectivity index (χ3n) is 2.90. The number of carbonyl (C=O) groups excluding carboxylic acids is 1. The molecule has 1 rings (SSSR count). The Morgan fingerprint density at radius 2 is 1.95 bits per heavy atom. The molecule has 0 aromatic heterocycles. The lowest BCUT2D eigenvalue weighted by Crippen LogP contribution is -2.32. The molecule has 0 radical (unpaired) electrons. The molecular formula is C13H16Cl3NO3S. The zero-order valence-electron chi connectivity index (χ0n) is 11.6. The molecule has 4 nitrogen and oxygen atoms in total. The molecule has 0 aliphatic carbocycles. The molecule has 1 amide bonds. The molecule has 1 atom stereocenters. The molecule has 0 spiro atoms. The minimum absolute atomic E-state index is 0.000856. The molecule has 0 saturated heterocycles. The fourth-order valence-corrected chi connectivity index (χ4v) is 3.02. The van der Waals surface area contributed by atoms with Crippen molar-refractivity contribution in [2.24, 2.45) is 0 Å². The zero-order chi connectivity index (χ0) is 16.2. The van der Waals surface area contributed by atoms with Gasteiger partial charge in [-0.1, -0.05) is 43.0 Å². The van der Waals surface area contributed by atoms with E-state index in [-0.39, 0.29) is 26.5 Å². The van der Waals surface area contributed by atoms with Crippen molar-refractivity contribution in [2.75, 3.05) is 0 Å². The highest BCUT2D eigenvalue weighted by Gasteiger charge is 2.20. The van der Waals surface area contributed by atoms with Crippen molar-refractivity contribution in [1.29, 1.82) is 0 Å². The third-order valence-corrected chi connectivity index (χ3v) is 5.03. The topological polar surface area (TPSA) is 63.2 Å². The van der Waals surface area contributed by atoms with E-state index in [1.807, 2.05) is 6.92 Å². The summed E-state index contributed by atoms with van der Waals surface area (Å²) in [6, 6.07) is 2.19. The lowest BCUT2D eigenvalue weighted by Gasteiger charge is -2.15. The van der Waals surface area contributed by atoms with Gasteiger partial charge in [-0.05, 0) is 25.5 Å². The molecule has 0 aliphatic rings. The highest BCUT2D eigenvalue weighted by molar-refractivity contribution is 8.13. The third kappa shape index (κ3) is 5.33. The molecule has 0 fully saturated rings. The molecule has 1 aromatic rings. The summed E-state index contributed by atoms with van der Waals surface area (Å²) in [4.78, 5) is 11.9. The van der Waals surface area contributed by atoms with Crippen LogP contribution in [0, 0.1) is 0 Å². The van der Waals surface area contributed by atoms with Gasteiger partial charge in [0.25, 0.3) is 15.0 Å². The van der Waals surface area contributed by atoms with Gasteiger partial charge in [0.05, 0.1) is 20.5 Å². The Morgan fingerprint density at radius 1 is 1.33 bits per heavy atom. The standard InChI is InChI=1S/C13H16Cl3NO3S/c1-3-4-5-8(2)17-13(18)10-6-9(21(16,19)20)7-11(14)12(10)15/h6-8H,3-5H2,1-2H3,(H,17,18). The molecule has 8 heteroatoms. The van der Waals surface area contributed by atoms with Gasteiger partial charge in [-0.25, -0.2) is 8.42 Å². The van der Waals surface area contributed by atoms with Crippen LogP contribution >= 0.6 is 33.9 Å². The normalized spacial score (nSPS) is 13.0. The van der Waals surface area contributed by atoms with Crippen molar-refractivity contribution >= 4 is 48.8 Å². The number of hydrogen-bond acceptors (Lipinski definition) is 3. The van der Waals surface area contributed by atoms with E-state index in [0.717, 1.165) is 31.4 Å². The van der Waals surface area contributed by atoms with Crippen LogP contribution in [0.3, 0.4) is 0 Å². The minimum atomic E-state index is -3.99. The van der Waals surface area contributed by atoms with Gasteiger partial charge in [-0.15, -0.1) is 0 Å². The van der Waals surface area contributed by atoms with Gasteiger partial charge in [-0.3, -0.25) is 4.79 Å². The van der Waals surface area contributed by atoms with Crippen LogP contribution in [-0.4, -0.2) is 20.4 Å². The molecule has 1 aromatic carbocycles. The summed E-state index contributed by atoms with van der Waals surface area (Å²) < 4.78 is 22.7. The van der Waals surface area contributed by atoms with Crippen molar-refractivity contribution in [1.82, 2.24) is 5.32 Å². The highest BCUT2D eigenvalue weighted by Crippen LogP contribution is 2.30. The zero-order valence-corrected chi connectivity index (χ0v) is 14.7. The fourth-order valence-electron chi connectivity index (χ4n) is 1.75.